The second kappa shape index (κ2) is 6.78. The monoisotopic (exact) mass is 295 g/mol. The number of esters is 1. The summed E-state index contributed by atoms with van der Waals surface area (Å²) in [5, 5.41) is 10.6. The Morgan fingerprint density at radius 2 is 2.00 bits per heavy atom. The van der Waals surface area contributed by atoms with Crippen LogP contribution in [0.1, 0.15) is 24.3 Å². The average Bonchev–Trinajstić information content (AvgIpc) is 2.45. The average molecular weight is 295 g/mol. The molecule has 0 radical (unpaired) electrons. The van der Waals surface area contributed by atoms with Crippen LogP contribution in [-0.2, 0) is 9.53 Å². The molecule has 1 aromatic rings. The first-order chi connectivity index (χ1) is 9.79. The highest BCUT2D eigenvalue weighted by Gasteiger charge is 2.31. The molecule has 0 unspecified atom stereocenters. The van der Waals surface area contributed by atoms with Gasteiger partial charge in [0.05, 0.1) is 12.0 Å². The van der Waals surface area contributed by atoms with Crippen molar-refractivity contribution in [1.82, 2.24) is 9.88 Å². The third-order valence-corrected chi connectivity index (χ3v) is 2.99. The fourth-order valence-electron chi connectivity index (χ4n) is 1.93. The van der Waals surface area contributed by atoms with Crippen molar-refractivity contribution >= 4 is 17.6 Å². The number of pyridine rings is 1. The summed E-state index contributed by atoms with van der Waals surface area (Å²) >= 11 is 0. The van der Waals surface area contributed by atoms with E-state index in [1.54, 1.807) is 13.8 Å². The van der Waals surface area contributed by atoms with Crippen LogP contribution in [0.15, 0.2) is 18.3 Å². The Morgan fingerprint density at radius 1 is 1.38 bits per heavy atom. The van der Waals surface area contributed by atoms with Gasteiger partial charge in [0.1, 0.15) is 17.9 Å². The van der Waals surface area contributed by atoms with E-state index in [1.807, 2.05) is 0 Å². The number of hydrogen-bond acceptors (Lipinski definition) is 6. The van der Waals surface area contributed by atoms with Gasteiger partial charge in [-0.1, -0.05) is 13.8 Å². The van der Waals surface area contributed by atoms with E-state index in [1.165, 1.54) is 31.2 Å². The van der Waals surface area contributed by atoms with E-state index in [4.69, 9.17) is 0 Å². The van der Waals surface area contributed by atoms with E-state index in [9.17, 15) is 19.7 Å². The Hall–Kier alpha value is -2.51. The third-order valence-electron chi connectivity index (χ3n) is 2.99. The molecule has 8 nitrogen and oxygen atoms in total. The molecule has 0 aliphatic rings. The van der Waals surface area contributed by atoms with E-state index in [0.717, 1.165) is 6.20 Å². The number of rotatable bonds is 5. The van der Waals surface area contributed by atoms with Crippen molar-refractivity contribution in [2.24, 2.45) is 5.92 Å². The zero-order valence-electron chi connectivity index (χ0n) is 12.3. The summed E-state index contributed by atoms with van der Waals surface area (Å²) in [6.45, 7) is 3.57. The maximum absolute atomic E-state index is 12.3. The second-order valence-corrected chi connectivity index (χ2v) is 4.79. The molecule has 0 aromatic carbocycles. The number of ether oxygens (including phenoxy) is 1. The molecular formula is C13H17N3O5. The number of nitro groups is 1. The predicted molar refractivity (Wildman–Crippen MR) is 73.6 cm³/mol. The van der Waals surface area contributed by atoms with Gasteiger partial charge in [-0.15, -0.1) is 0 Å². The number of likely N-dealkylation sites (N-methyl/N-ethyl adjacent to an activating group) is 1. The summed E-state index contributed by atoms with van der Waals surface area (Å²) in [6.07, 6.45) is 1.00. The lowest BCUT2D eigenvalue weighted by molar-refractivity contribution is -0.385. The first kappa shape index (κ1) is 16.5. The molecule has 1 atom stereocenters. The van der Waals surface area contributed by atoms with Gasteiger partial charge in [0.2, 0.25) is 0 Å². The van der Waals surface area contributed by atoms with E-state index in [-0.39, 0.29) is 17.3 Å². The van der Waals surface area contributed by atoms with Crippen molar-refractivity contribution < 1.29 is 19.2 Å². The van der Waals surface area contributed by atoms with Crippen LogP contribution in [-0.4, -0.2) is 46.9 Å². The molecule has 0 aliphatic carbocycles. The fraction of sp³-hybridized carbons (Fsp3) is 0.462. The molecule has 1 rings (SSSR count). The molecule has 0 fully saturated rings. The van der Waals surface area contributed by atoms with E-state index in [0.29, 0.717) is 0 Å². The van der Waals surface area contributed by atoms with Gasteiger partial charge < -0.3 is 9.64 Å². The van der Waals surface area contributed by atoms with Crippen LogP contribution in [0.5, 0.6) is 0 Å². The van der Waals surface area contributed by atoms with E-state index >= 15 is 0 Å². The number of nitrogens with zero attached hydrogens (tertiary/aromatic N) is 3. The van der Waals surface area contributed by atoms with Gasteiger partial charge in [-0.25, -0.2) is 9.78 Å². The minimum absolute atomic E-state index is 0.0256. The van der Waals surface area contributed by atoms with Crippen LogP contribution >= 0.6 is 0 Å². The number of aromatic nitrogens is 1. The highest BCUT2D eigenvalue weighted by molar-refractivity contribution is 5.95. The SMILES string of the molecule is COC(=O)[C@H](C(C)C)N(C)C(=O)c1ccc([N+](=O)[O-])cn1. The molecule has 1 aromatic heterocycles. The molecule has 0 bridgehead atoms. The molecular weight excluding hydrogens is 278 g/mol. The summed E-state index contributed by atoms with van der Waals surface area (Å²) in [6, 6.07) is 1.70. The summed E-state index contributed by atoms with van der Waals surface area (Å²) in [5.41, 5.74) is -0.180. The molecule has 114 valence electrons. The second-order valence-electron chi connectivity index (χ2n) is 4.79. The van der Waals surface area contributed by atoms with Crippen molar-refractivity contribution in [3.8, 4) is 0 Å². The first-order valence-corrected chi connectivity index (χ1v) is 6.25. The molecule has 1 heterocycles. The van der Waals surface area contributed by atoms with Crippen molar-refractivity contribution in [3.63, 3.8) is 0 Å². The van der Waals surface area contributed by atoms with Crippen LogP contribution in [0, 0.1) is 16.0 Å². The summed E-state index contributed by atoms with van der Waals surface area (Å²) in [5.74, 6) is -1.18. The zero-order valence-corrected chi connectivity index (χ0v) is 12.3. The topological polar surface area (TPSA) is 103 Å². The minimum Gasteiger partial charge on any atom is -0.467 e. The molecule has 0 spiro atoms. The van der Waals surface area contributed by atoms with Gasteiger partial charge >= 0.3 is 5.97 Å². The van der Waals surface area contributed by atoms with Gasteiger partial charge in [0.25, 0.3) is 11.6 Å². The van der Waals surface area contributed by atoms with Crippen molar-refractivity contribution in [1.29, 1.82) is 0 Å². The van der Waals surface area contributed by atoms with Gasteiger partial charge in [-0.05, 0) is 12.0 Å². The Bertz CT molecular complexity index is 541. The largest absolute Gasteiger partial charge is 0.467 e. The quantitative estimate of drug-likeness (QED) is 0.460. The van der Waals surface area contributed by atoms with Crippen LogP contribution < -0.4 is 0 Å². The molecule has 0 saturated carbocycles. The van der Waals surface area contributed by atoms with Crippen molar-refractivity contribution in [2.45, 2.75) is 19.9 Å². The lowest BCUT2D eigenvalue weighted by Crippen LogP contribution is -2.46. The highest BCUT2D eigenvalue weighted by Crippen LogP contribution is 2.15. The Kier molecular flexibility index (Phi) is 5.34. The molecule has 1 amide bonds. The molecule has 0 aliphatic heterocycles. The Balaban J connectivity index is 3.00. The highest BCUT2D eigenvalue weighted by atomic mass is 16.6. The minimum atomic E-state index is -0.750. The first-order valence-electron chi connectivity index (χ1n) is 6.25. The van der Waals surface area contributed by atoms with Gasteiger partial charge in [-0.3, -0.25) is 14.9 Å². The molecule has 21 heavy (non-hydrogen) atoms. The lowest BCUT2D eigenvalue weighted by Gasteiger charge is -2.28. The van der Waals surface area contributed by atoms with E-state index < -0.39 is 22.8 Å². The molecule has 8 heteroatoms. The maximum atomic E-state index is 12.3. The van der Waals surface area contributed by atoms with Crippen LogP contribution in [0.2, 0.25) is 0 Å². The van der Waals surface area contributed by atoms with Gasteiger partial charge in [-0.2, -0.15) is 0 Å². The standard InChI is InChI=1S/C13H17N3O5/c1-8(2)11(13(18)21-4)15(3)12(17)10-6-5-9(7-14-10)16(19)20/h5-8,11H,1-4H3/t11-/m0/s1. The van der Waals surface area contributed by atoms with Crippen LogP contribution in [0.3, 0.4) is 0 Å². The van der Waals surface area contributed by atoms with Gasteiger partial charge in [0.15, 0.2) is 0 Å². The lowest BCUT2D eigenvalue weighted by atomic mass is 10.0. The zero-order chi connectivity index (χ0) is 16.2. The maximum Gasteiger partial charge on any atom is 0.328 e. The Morgan fingerprint density at radius 3 is 2.38 bits per heavy atom. The third kappa shape index (κ3) is 3.74. The number of hydrogen-bond donors (Lipinski definition) is 0. The normalized spacial score (nSPS) is 11.9. The Labute approximate surface area is 121 Å². The molecule has 0 N–H and O–H groups in total. The predicted octanol–water partition coefficient (Wildman–Crippen LogP) is 1.26. The number of amides is 1. The van der Waals surface area contributed by atoms with E-state index in [2.05, 4.69) is 9.72 Å². The van der Waals surface area contributed by atoms with Crippen LogP contribution in [0.4, 0.5) is 5.69 Å². The number of methoxy groups -OCH3 is 1. The summed E-state index contributed by atoms with van der Waals surface area (Å²) in [7, 11) is 2.72. The van der Waals surface area contributed by atoms with Gasteiger partial charge in [0, 0.05) is 13.1 Å². The summed E-state index contributed by atoms with van der Waals surface area (Å²) in [4.78, 5) is 39.0. The summed E-state index contributed by atoms with van der Waals surface area (Å²) < 4.78 is 4.69. The molecule has 0 saturated heterocycles. The number of carbonyl (C=O) groups excluding carboxylic acids is 2. The van der Waals surface area contributed by atoms with Crippen LogP contribution in [0.25, 0.3) is 0 Å². The van der Waals surface area contributed by atoms with Crippen molar-refractivity contribution in [2.75, 3.05) is 14.2 Å². The smallest absolute Gasteiger partial charge is 0.328 e. The number of carbonyl (C=O) groups is 2. The van der Waals surface area contributed by atoms with Crippen molar-refractivity contribution in [3.05, 3.63) is 34.1 Å². The fourth-order valence-corrected chi connectivity index (χ4v) is 1.93.